The normalized spacial score (nSPS) is 14.2. The molecule has 0 heterocycles. The maximum atomic E-state index is 13.0. The van der Waals surface area contributed by atoms with E-state index in [4.69, 9.17) is 37.0 Å². The minimum Gasteiger partial charge on any atom is -0.462 e. The first-order chi connectivity index (χ1) is 43.7. The first-order valence-electron chi connectivity index (χ1n) is 37.3. The molecule has 0 saturated carbocycles. The van der Waals surface area contributed by atoms with Crippen LogP contribution in [0.4, 0.5) is 0 Å². The molecule has 0 spiro atoms. The molecule has 2 unspecified atom stereocenters. The number of unbranched alkanes of at least 4 members (excludes halogenated alkanes) is 38. The lowest BCUT2D eigenvalue weighted by Crippen LogP contribution is -2.30. The third-order valence-electron chi connectivity index (χ3n) is 16.6. The minimum absolute atomic E-state index is 0.105. The van der Waals surface area contributed by atoms with Gasteiger partial charge in [-0.05, 0) is 43.4 Å². The lowest BCUT2D eigenvalue weighted by atomic mass is 10.0. The van der Waals surface area contributed by atoms with Gasteiger partial charge in [-0.25, -0.2) is 9.13 Å². The van der Waals surface area contributed by atoms with E-state index < -0.39 is 97.5 Å². The first kappa shape index (κ1) is 89.1. The van der Waals surface area contributed by atoms with Crippen LogP contribution in [0.5, 0.6) is 0 Å². The summed E-state index contributed by atoms with van der Waals surface area (Å²) in [5.41, 5.74) is 0. The van der Waals surface area contributed by atoms with Crippen molar-refractivity contribution in [3.05, 3.63) is 0 Å². The maximum Gasteiger partial charge on any atom is 0.472 e. The van der Waals surface area contributed by atoms with Gasteiger partial charge in [0.05, 0.1) is 26.4 Å². The highest BCUT2D eigenvalue weighted by atomic mass is 31.2. The number of hydrogen-bond donors (Lipinski definition) is 3. The van der Waals surface area contributed by atoms with E-state index in [-0.39, 0.29) is 25.7 Å². The molecular formula is C72H140O17P2. The molecule has 0 rings (SSSR count). The van der Waals surface area contributed by atoms with Gasteiger partial charge in [0.25, 0.3) is 0 Å². The number of carbonyl (C=O) groups excluding carboxylic acids is 4. The van der Waals surface area contributed by atoms with E-state index in [0.29, 0.717) is 25.7 Å². The number of aliphatic hydroxyl groups is 1. The average molecular weight is 1340 g/mol. The van der Waals surface area contributed by atoms with E-state index in [9.17, 15) is 43.2 Å². The van der Waals surface area contributed by atoms with Gasteiger partial charge in [-0.3, -0.25) is 37.3 Å². The molecular weight excluding hydrogens is 1200 g/mol. The molecule has 5 atom stereocenters. The van der Waals surface area contributed by atoms with Crippen LogP contribution in [0.2, 0.25) is 0 Å². The summed E-state index contributed by atoms with van der Waals surface area (Å²) >= 11 is 0. The summed E-state index contributed by atoms with van der Waals surface area (Å²) in [6, 6.07) is 0. The summed E-state index contributed by atoms with van der Waals surface area (Å²) in [5.74, 6) is 0.149. The molecule has 19 heteroatoms. The Morgan fingerprint density at radius 1 is 0.297 bits per heavy atom. The number of carbonyl (C=O) groups is 4. The molecule has 0 aliphatic carbocycles. The largest absolute Gasteiger partial charge is 0.472 e. The minimum atomic E-state index is -4.95. The van der Waals surface area contributed by atoms with E-state index >= 15 is 0 Å². The van der Waals surface area contributed by atoms with Crippen LogP contribution in [0.15, 0.2) is 0 Å². The third-order valence-corrected chi connectivity index (χ3v) is 18.5. The Bertz CT molecular complexity index is 1780. The Morgan fingerprint density at radius 2 is 0.505 bits per heavy atom. The number of hydrogen-bond acceptors (Lipinski definition) is 15. The molecule has 0 aromatic rings. The van der Waals surface area contributed by atoms with Gasteiger partial charge in [-0.15, -0.1) is 0 Å². The van der Waals surface area contributed by atoms with Crippen molar-refractivity contribution in [1.82, 2.24) is 0 Å². The Kier molecular flexibility index (Phi) is 61.5. The van der Waals surface area contributed by atoms with E-state index in [2.05, 4.69) is 48.5 Å². The molecule has 3 N–H and O–H groups in total. The number of esters is 4. The molecule has 0 aromatic heterocycles. The molecule has 0 aliphatic rings. The van der Waals surface area contributed by atoms with Crippen molar-refractivity contribution in [2.24, 2.45) is 17.8 Å². The van der Waals surface area contributed by atoms with Gasteiger partial charge in [0.15, 0.2) is 12.2 Å². The fourth-order valence-electron chi connectivity index (χ4n) is 10.9. The zero-order valence-corrected chi connectivity index (χ0v) is 61.1. The summed E-state index contributed by atoms with van der Waals surface area (Å²) in [4.78, 5) is 72.6. The second-order valence-corrected chi connectivity index (χ2v) is 30.3. The number of phosphoric acid groups is 2. The number of ether oxygens (including phenoxy) is 4. The van der Waals surface area contributed by atoms with Gasteiger partial charge in [-0.2, -0.15) is 0 Å². The van der Waals surface area contributed by atoms with Gasteiger partial charge in [0.1, 0.15) is 19.3 Å². The second kappa shape index (κ2) is 62.8. The summed E-state index contributed by atoms with van der Waals surface area (Å²) in [6.45, 7) is 11.8. The standard InChI is InChI=1S/C72H140O17P2/c1-8-9-10-11-12-13-16-25-32-39-46-53-69(74)82-60-68(89-72(77)56-49-42-35-28-21-24-31-38-45-52-65(6)7)62-87-91(80,81)85-58-66(73)57-84-90(78,79)86-61-67(59-83-70(75)54-47-40-33-26-20-19-23-30-37-44-51-64(4)5)88-71(76)55-48-41-34-27-18-15-14-17-22-29-36-43-50-63(2)3/h63-68,73H,8-62H2,1-7H3,(H,78,79)(H,80,81)/t66-,67-,68-/m1/s1. The quantitative estimate of drug-likeness (QED) is 0.0222. The van der Waals surface area contributed by atoms with Gasteiger partial charge in [0, 0.05) is 25.7 Å². The fraction of sp³-hybridized carbons (Fsp3) is 0.944. The third kappa shape index (κ3) is 66.5. The number of phosphoric ester groups is 2. The number of aliphatic hydroxyl groups excluding tert-OH is 1. The Morgan fingerprint density at radius 3 is 0.747 bits per heavy atom. The van der Waals surface area contributed by atoms with E-state index in [1.807, 2.05) is 0 Å². The van der Waals surface area contributed by atoms with Crippen LogP contribution in [0.1, 0.15) is 363 Å². The number of rotatable bonds is 70. The van der Waals surface area contributed by atoms with Crippen LogP contribution in [0.25, 0.3) is 0 Å². The molecule has 0 aromatic carbocycles. The van der Waals surface area contributed by atoms with Crippen LogP contribution in [-0.2, 0) is 65.4 Å². The Balaban J connectivity index is 5.26. The summed E-state index contributed by atoms with van der Waals surface area (Å²) in [7, 11) is -9.90. The van der Waals surface area contributed by atoms with Crippen LogP contribution in [0.3, 0.4) is 0 Å². The van der Waals surface area contributed by atoms with Gasteiger partial charge >= 0.3 is 39.5 Å². The molecule has 540 valence electrons. The van der Waals surface area contributed by atoms with Crippen molar-refractivity contribution in [2.75, 3.05) is 39.6 Å². The monoisotopic (exact) mass is 1340 g/mol. The Hall–Kier alpha value is -1.94. The molecule has 0 fully saturated rings. The van der Waals surface area contributed by atoms with Crippen molar-refractivity contribution in [3.8, 4) is 0 Å². The second-order valence-electron chi connectivity index (χ2n) is 27.4. The predicted octanol–water partition coefficient (Wildman–Crippen LogP) is 20.6. The topological polar surface area (TPSA) is 237 Å². The average Bonchev–Trinajstić information content (AvgIpc) is 2.92. The first-order valence-corrected chi connectivity index (χ1v) is 40.3. The van der Waals surface area contributed by atoms with Crippen molar-refractivity contribution >= 4 is 39.5 Å². The molecule has 17 nitrogen and oxygen atoms in total. The van der Waals surface area contributed by atoms with Gasteiger partial charge < -0.3 is 33.8 Å². The van der Waals surface area contributed by atoms with Crippen molar-refractivity contribution in [1.29, 1.82) is 0 Å². The molecule has 91 heavy (non-hydrogen) atoms. The molecule has 0 aliphatic heterocycles. The van der Waals surface area contributed by atoms with Crippen molar-refractivity contribution in [2.45, 2.75) is 381 Å². The molecule has 0 bridgehead atoms. The van der Waals surface area contributed by atoms with Crippen molar-refractivity contribution < 1.29 is 80.2 Å². The lowest BCUT2D eigenvalue weighted by molar-refractivity contribution is -0.161. The Labute approximate surface area is 556 Å². The van der Waals surface area contributed by atoms with E-state index in [1.54, 1.807) is 0 Å². The van der Waals surface area contributed by atoms with Gasteiger partial charge in [0.2, 0.25) is 0 Å². The van der Waals surface area contributed by atoms with Crippen molar-refractivity contribution in [3.63, 3.8) is 0 Å². The smallest absolute Gasteiger partial charge is 0.462 e. The summed E-state index contributed by atoms with van der Waals surface area (Å²) < 4.78 is 68.4. The highest BCUT2D eigenvalue weighted by Crippen LogP contribution is 2.45. The highest BCUT2D eigenvalue weighted by molar-refractivity contribution is 7.47. The maximum absolute atomic E-state index is 13.0. The van der Waals surface area contributed by atoms with Crippen LogP contribution >= 0.6 is 15.6 Å². The fourth-order valence-corrected chi connectivity index (χ4v) is 12.5. The summed E-state index contributed by atoms with van der Waals surface area (Å²) in [5, 5.41) is 10.6. The van der Waals surface area contributed by atoms with Crippen LogP contribution in [-0.4, -0.2) is 96.7 Å². The highest BCUT2D eigenvalue weighted by Gasteiger charge is 2.30. The predicted molar refractivity (Wildman–Crippen MR) is 368 cm³/mol. The summed E-state index contributed by atoms with van der Waals surface area (Å²) in [6.07, 6.45) is 47.1. The molecule has 0 radical (unpaired) electrons. The van der Waals surface area contributed by atoms with Crippen LogP contribution < -0.4 is 0 Å². The SMILES string of the molecule is CCCCCCCCCCCCCC(=O)OC[C@H](COP(=O)(O)OC[C@H](O)COP(=O)(O)OC[C@@H](COC(=O)CCCCCCCCCCCCC(C)C)OC(=O)CCCCCCCCCCCCCCC(C)C)OC(=O)CCCCCCCCCCCC(C)C. The zero-order chi connectivity index (χ0) is 67.3. The molecule has 0 amide bonds. The zero-order valence-electron chi connectivity index (χ0n) is 59.3. The van der Waals surface area contributed by atoms with E-state index in [0.717, 1.165) is 108 Å². The molecule has 0 saturated heterocycles. The van der Waals surface area contributed by atoms with Crippen LogP contribution in [0, 0.1) is 17.8 Å². The lowest BCUT2D eigenvalue weighted by Gasteiger charge is -2.21. The van der Waals surface area contributed by atoms with E-state index in [1.165, 1.54) is 173 Å². The van der Waals surface area contributed by atoms with Gasteiger partial charge in [-0.1, -0.05) is 312 Å².